The fourth-order valence-corrected chi connectivity index (χ4v) is 5.26. The fraction of sp³-hybridized carbons (Fsp3) is 0.308. The number of aryl methyl sites for hydroxylation is 2. The maximum Gasteiger partial charge on any atom is 0.242 e. The van der Waals surface area contributed by atoms with E-state index in [-0.39, 0.29) is 29.7 Å². The summed E-state index contributed by atoms with van der Waals surface area (Å²) in [7, 11) is 1.64. The predicted molar refractivity (Wildman–Crippen MR) is 124 cm³/mol. The summed E-state index contributed by atoms with van der Waals surface area (Å²) in [6.45, 7) is 4.38. The van der Waals surface area contributed by atoms with Crippen molar-refractivity contribution in [3.63, 3.8) is 0 Å². The van der Waals surface area contributed by atoms with Crippen LogP contribution in [0, 0.1) is 19.8 Å². The molecule has 2 aliphatic heterocycles. The highest BCUT2D eigenvalue weighted by Crippen LogP contribution is 2.49. The number of aromatic hydroxyl groups is 1. The molecule has 0 bridgehead atoms. The van der Waals surface area contributed by atoms with Gasteiger partial charge in [-0.1, -0.05) is 35.9 Å². The van der Waals surface area contributed by atoms with Crippen molar-refractivity contribution in [2.45, 2.75) is 38.5 Å². The number of hydrogen-bond acceptors (Lipinski definition) is 6. The number of ether oxygens (including phenoxy) is 1. The second kappa shape index (κ2) is 8.50. The lowest BCUT2D eigenvalue weighted by Gasteiger charge is -2.32. The Labute approximate surface area is 193 Å². The summed E-state index contributed by atoms with van der Waals surface area (Å²) >= 11 is 0. The molecule has 2 aliphatic rings. The molecular formula is C26H28N4O3. The van der Waals surface area contributed by atoms with Gasteiger partial charge in [0.25, 0.3) is 0 Å². The second-order valence-corrected chi connectivity index (χ2v) is 8.89. The van der Waals surface area contributed by atoms with Crippen LogP contribution in [0.4, 0.5) is 0 Å². The zero-order valence-electron chi connectivity index (χ0n) is 18.9. The van der Waals surface area contributed by atoms with Gasteiger partial charge in [-0.25, -0.2) is 10.9 Å². The lowest BCUT2D eigenvalue weighted by Crippen LogP contribution is -2.41. The Morgan fingerprint density at radius 1 is 1.09 bits per heavy atom. The van der Waals surface area contributed by atoms with Crippen molar-refractivity contribution in [3.8, 4) is 11.5 Å². The van der Waals surface area contributed by atoms with E-state index in [1.54, 1.807) is 19.5 Å². The van der Waals surface area contributed by atoms with Crippen molar-refractivity contribution in [3.05, 3.63) is 88.7 Å². The number of fused-ring (bicyclic) bond motifs is 1. The Bertz CT molecular complexity index is 1170. The summed E-state index contributed by atoms with van der Waals surface area (Å²) < 4.78 is 5.35. The van der Waals surface area contributed by atoms with Gasteiger partial charge in [0.15, 0.2) is 0 Å². The number of carbonyl (C=O) groups is 1. The SMILES string of the molecule is COc1ccc(C2C3C(NNC3c3cc(C)cc(C)c3O)C(=O)N2Cc2cccnc2)cc1. The zero-order valence-corrected chi connectivity index (χ0v) is 18.9. The molecule has 7 nitrogen and oxygen atoms in total. The number of benzene rings is 2. The number of likely N-dealkylation sites (tertiary alicyclic amines) is 1. The molecule has 0 aliphatic carbocycles. The van der Waals surface area contributed by atoms with Gasteiger partial charge in [-0.3, -0.25) is 9.78 Å². The molecule has 3 aromatic rings. The molecule has 0 spiro atoms. The second-order valence-electron chi connectivity index (χ2n) is 8.89. The summed E-state index contributed by atoms with van der Waals surface area (Å²) in [5, 5.41) is 10.9. The third kappa shape index (κ3) is 3.73. The summed E-state index contributed by atoms with van der Waals surface area (Å²) in [6, 6.07) is 14.9. The molecule has 5 rings (SSSR count). The first-order valence-electron chi connectivity index (χ1n) is 11.1. The van der Waals surface area contributed by atoms with Crippen LogP contribution < -0.4 is 15.6 Å². The third-order valence-corrected chi connectivity index (χ3v) is 6.76. The quantitative estimate of drug-likeness (QED) is 0.560. The molecule has 1 aromatic heterocycles. The number of methoxy groups -OCH3 is 1. The average molecular weight is 445 g/mol. The molecular weight excluding hydrogens is 416 g/mol. The highest BCUT2D eigenvalue weighted by Gasteiger charge is 2.55. The Kier molecular flexibility index (Phi) is 5.52. The molecule has 3 N–H and O–H groups in total. The van der Waals surface area contributed by atoms with Crippen LogP contribution in [0.15, 0.2) is 60.9 Å². The Hall–Kier alpha value is -3.42. The standard InChI is InChI=1S/C26H28N4O3/c1-15-11-16(2)25(31)20(12-15)22-21-23(29-28-22)26(32)30(14-17-5-4-10-27-13-17)24(21)18-6-8-19(33-3)9-7-18/h4-13,21-24,28-29,31H,14H2,1-3H3. The number of phenols is 1. The molecule has 33 heavy (non-hydrogen) atoms. The van der Waals surface area contributed by atoms with Crippen molar-refractivity contribution in [2.75, 3.05) is 7.11 Å². The minimum absolute atomic E-state index is 0.0311. The first-order valence-corrected chi connectivity index (χ1v) is 11.1. The largest absolute Gasteiger partial charge is 0.507 e. The lowest BCUT2D eigenvalue weighted by molar-refractivity contribution is -0.131. The van der Waals surface area contributed by atoms with Crippen LogP contribution in [0.25, 0.3) is 0 Å². The number of hydrogen-bond donors (Lipinski definition) is 3. The number of phenolic OH excluding ortho intramolecular Hbond substituents is 1. The van der Waals surface area contributed by atoms with Gasteiger partial charge in [0.1, 0.15) is 17.5 Å². The van der Waals surface area contributed by atoms with Crippen LogP contribution in [-0.2, 0) is 11.3 Å². The number of pyridine rings is 1. The minimum atomic E-state index is -0.404. The van der Waals surface area contributed by atoms with Crippen LogP contribution in [0.2, 0.25) is 0 Å². The maximum absolute atomic E-state index is 13.6. The van der Waals surface area contributed by atoms with Crippen molar-refractivity contribution in [1.82, 2.24) is 20.7 Å². The molecule has 2 fully saturated rings. The molecule has 0 saturated carbocycles. The van der Waals surface area contributed by atoms with Gasteiger partial charge >= 0.3 is 0 Å². The molecule has 1 amide bonds. The van der Waals surface area contributed by atoms with Crippen LogP contribution in [0.5, 0.6) is 11.5 Å². The van der Waals surface area contributed by atoms with E-state index in [9.17, 15) is 9.90 Å². The van der Waals surface area contributed by atoms with E-state index in [0.29, 0.717) is 6.54 Å². The third-order valence-electron chi connectivity index (χ3n) is 6.76. The van der Waals surface area contributed by atoms with E-state index in [4.69, 9.17) is 4.74 Å². The number of carbonyl (C=O) groups excluding carboxylic acids is 1. The van der Waals surface area contributed by atoms with E-state index in [2.05, 4.69) is 15.8 Å². The van der Waals surface area contributed by atoms with Crippen molar-refractivity contribution < 1.29 is 14.6 Å². The van der Waals surface area contributed by atoms with Crippen LogP contribution in [0.1, 0.15) is 39.9 Å². The van der Waals surface area contributed by atoms with Gasteiger partial charge in [0.05, 0.1) is 19.2 Å². The van der Waals surface area contributed by atoms with Gasteiger partial charge in [-0.05, 0) is 48.7 Å². The minimum Gasteiger partial charge on any atom is -0.507 e. The summed E-state index contributed by atoms with van der Waals surface area (Å²) in [4.78, 5) is 19.8. The molecule has 4 unspecified atom stereocenters. The first kappa shape index (κ1) is 21.4. The van der Waals surface area contributed by atoms with E-state index in [1.807, 2.05) is 67.3 Å². The number of amides is 1. The van der Waals surface area contributed by atoms with E-state index in [0.717, 1.165) is 33.6 Å². The Morgan fingerprint density at radius 3 is 2.55 bits per heavy atom. The Balaban J connectivity index is 1.59. The van der Waals surface area contributed by atoms with Crippen molar-refractivity contribution >= 4 is 5.91 Å². The monoisotopic (exact) mass is 444 g/mol. The Morgan fingerprint density at radius 2 is 1.85 bits per heavy atom. The first-order chi connectivity index (χ1) is 16.0. The molecule has 170 valence electrons. The van der Waals surface area contributed by atoms with Gasteiger partial charge in [0.2, 0.25) is 5.91 Å². The maximum atomic E-state index is 13.6. The van der Waals surface area contributed by atoms with E-state index in [1.165, 1.54) is 0 Å². The number of nitrogens with one attached hydrogen (secondary N) is 2. The van der Waals surface area contributed by atoms with Crippen LogP contribution >= 0.6 is 0 Å². The van der Waals surface area contributed by atoms with E-state index >= 15 is 0 Å². The summed E-state index contributed by atoms with van der Waals surface area (Å²) in [6.07, 6.45) is 3.53. The number of rotatable bonds is 5. The lowest BCUT2D eigenvalue weighted by atomic mass is 9.82. The molecule has 0 radical (unpaired) electrons. The van der Waals surface area contributed by atoms with Gasteiger partial charge in [0, 0.05) is 30.4 Å². The topological polar surface area (TPSA) is 86.7 Å². The van der Waals surface area contributed by atoms with Crippen molar-refractivity contribution in [1.29, 1.82) is 0 Å². The van der Waals surface area contributed by atoms with Gasteiger partial charge in [-0.15, -0.1) is 0 Å². The van der Waals surface area contributed by atoms with Crippen LogP contribution in [-0.4, -0.2) is 34.0 Å². The molecule has 7 heteroatoms. The highest BCUT2D eigenvalue weighted by atomic mass is 16.5. The predicted octanol–water partition coefficient (Wildman–Crippen LogP) is 3.33. The number of hydrazine groups is 1. The highest BCUT2D eigenvalue weighted by molar-refractivity contribution is 5.86. The average Bonchev–Trinajstić information content (AvgIpc) is 3.36. The molecule has 3 heterocycles. The number of aromatic nitrogens is 1. The smallest absolute Gasteiger partial charge is 0.242 e. The fourth-order valence-electron chi connectivity index (χ4n) is 5.26. The molecule has 2 aromatic carbocycles. The summed E-state index contributed by atoms with van der Waals surface area (Å²) in [5.41, 5.74) is 11.3. The van der Waals surface area contributed by atoms with Gasteiger partial charge in [-0.2, -0.15) is 0 Å². The van der Waals surface area contributed by atoms with Crippen LogP contribution in [0.3, 0.4) is 0 Å². The summed E-state index contributed by atoms with van der Waals surface area (Å²) in [5.74, 6) is 0.954. The van der Waals surface area contributed by atoms with E-state index < -0.39 is 6.04 Å². The number of nitrogens with zero attached hydrogens (tertiary/aromatic N) is 2. The molecule has 2 saturated heterocycles. The van der Waals surface area contributed by atoms with Gasteiger partial charge < -0.3 is 14.7 Å². The zero-order chi connectivity index (χ0) is 23.1. The van der Waals surface area contributed by atoms with Crippen molar-refractivity contribution in [2.24, 2.45) is 5.92 Å². The molecule has 4 atom stereocenters. The normalized spacial score (nSPS) is 24.2.